The molecule has 1 atom stereocenters. The van der Waals surface area contributed by atoms with Crippen molar-refractivity contribution in [1.29, 1.82) is 0 Å². The number of benzene rings is 2. The first-order valence-electron chi connectivity index (χ1n) is 11.2. The number of para-hydroxylation sites is 1. The molecule has 0 saturated carbocycles. The van der Waals surface area contributed by atoms with Crippen molar-refractivity contribution in [2.24, 2.45) is 0 Å². The van der Waals surface area contributed by atoms with Gasteiger partial charge < -0.3 is 15.1 Å². The van der Waals surface area contributed by atoms with Crippen molar-refractivity contribution < 1.29 is 13.2 Å². The summed E-state index contributed by atoms with van der Waals surface area (Å²) in [6, 6.07) is 16.4. The Kier molecular flexibility index (Phi) is 6.06. The molecule has 176 valence electrons. The Labute approximate surface area is 198 Å². The van der Waals surface area contributed by atoms with Gasteiger partial charge in [0, 0.05) is 62.6 Å². The van der Waals surface area contributed by atoms with Crippen molar-refractivity contribution in [1.82, 2.24) is 14.9 Å². The number of sulfonamides is 1. The van der Waals surface area contributed by atoms with Crippen LogP contribution < -0.4 is 14.9 Å². The maximum absolute atomic E-state index is 12.9. The topological polar surface area (TPSA) is 108 Å². The number of nitrogens with one attached hydrogen (secondary N) is 2. The Morgan fingerprint density at radius 2 is 1.79 bits per heavy atom. The van der Waals surface area contributed by atoms with Crippen LogP contribution in [0.5, 0.6) is 0 Å². The van der Waals surface area contributed by atoms with E-state index in [1.165, 1.54) is 24.2 Å². The summed E-state index contributed by atoms with van der Waals surface area (Å²) in [5.74, 6) is 0.615. The summed E-state index contributed by atoms with van der Waals surface area (Å²) >= 11 is 0. The predicted octanol–water partition coefficient (Wildman–Crippen LogP) is 2.53. The quantitative estimate of drug-likeness (QED) is 0.561. The highest BCUT2D eigenvalue weighted by Gasteiger charge is 2.28. The van der Waals surface area contributed by atoms with Crippen molar-refractivity contribution in [3.63, 3.8) is 0 Å². The normalized spacial score (nSPS) is 17.7. The molecule has 2 aliphatic heterocycles. The van der Waals surface area contributed by atoms with E-state index in [1.807, 2.05) is 17.0 Å². The molecule has 3 aromatic rings. The molecular formula is C24H26N6O3S. The van der Waals surface area contributed by atoms with Crippen LogP contribution in [0.1, 0.15) is 17.9 Å². The van der Waals surface area contributed by atoms with Gasteiger partial charge in [0.1, 0.15) is 12.1 Å². The van der Waals surface area contributed by atoms with Crippen LogP contribution in [-0.4, -0.2) is 61.9 Å². The van der Waals surface area contributed by atoms with Crippen LogP contribution in [0.3, 0.4) is 0 Å². The number of carbonyl (C=O) groups excluding carboxylic acids is 1. The Bertz CT molecular complexity index is 1260. The van der Waals surface area contributed by atoms with Gasteiger partial charge in [0.25, 0.3) is 10.0 Å². The second-order valence-electron chi connectivity index (χ2n) is 8.43. The zero-order valence-corrected chi connectivity index (χ0v) is 19.4. The minimum absolute atomic E-state index is 0.161. The highest BCUT2D eigenvalue weighted by molar-refractivity contribution is 7.92. The van der Waals surface area contributed by atoms with E-state index in [2.05, 4.69) is 37.0 Å². The molecule has 0 aliphatic carbocycles. The van der Waals surface area contributed by atoms with Crippen LogP contribution in [0.25, 0.3) is 0 Å². The zero-order valence-electron chi connectivity index (χ0n) is 18.6. The standard InChI is InChI=1S/C24H26N6O3S/c31-24(15-18-16-26-22-4-2-1-3-21(18)22)30-13-11-29(12-14-30)19-5-7-20(8-6-19)34(32,33)28-23-9-10-25-17-27-23/h1-10,17-18,26H,11-16H2,(H,25,27,28). The lowest BCUT2D eigenvalue weighted by Crippen LogP contribution is -2.49. The number of hydrogen-bond donors (Lipinski definition) is 2. The van der Waals surface area contributed by atoms with E-state index in [9.17, 15) is 13.2 Å². The number of carbonyl (C=O) groups is 1. The van der Waals surface area contributed by atoms with Gasteiger partial charge in [-0.3, -0.25) is 9.52 Å². The van der Waals surface area contributed by atoms with E-state index in [-0.39, 0.29) is 22.5 Å². The number of hydrogen-bond acceptors (Lipinski definition) is 7. The van der Waals surface area contributed by atoms with E-state index < -0.39 is 10.0 Å². The lowest BCUT2D eigenvalue weighted by Gasteiger charge is -2.36. The molecule has 0 radical (unpaired) electrons. The Morgan fingerprint density at radius 1 is 1.03 bits per heavy atom. The smallest absolute Gasteiger partial charge is 0.263 e. The van der Waals surface area contributed by atoms with E-state index in [0.717, 1.165) is 17.9 Å². The summed E-state index contributed by atoms with van der Waals surface area (Å²) < 4.78 is 27.6. The van der Waals surface area contributed by atoms with Gasteiger partial charge in [0.2, 0.25) is 5.91 Å². The summed E-state index contributed by atoms with van der Waals surface area (Å²) in [5.41, 5.74) is 3.28. The van der Waals surface area contributed by atoms with Crippen molar-refractivity contribution >= 4 is 33.1 Å². The van der Waals surface area contributed by atoms with E-state index in [1.54, 1.807) is 24.3 Å². The molecule has 34 heavy (non-hydrogen) atoms. The van der Waals surface area contributed by atoms with Crippen LogP contribution in [0, 0.1) is 0 Å². The molecule has 3 heterocycles. The second kappa shape index (κ2) is 9.30. The molecule has 1 amide bonds. The van der Waals surface area contributed by atoms with Gasteiger partial charge in [0.15, 0.2) is 0 Å². The second-order valence-corrected chi connectivity index (χ2v) is 10.1. The summed E-state index contributed by atoms with van der Waals surface area (Å²) in [5, 5.41) is 3.38. The molecule has 1 fully saturated rings. The third kappa shape index (κ3) is 4.67. The predicted molar refractivity (Wildman–Crippen MR) is 130 cm³/mol. The van der Waals surface area contributed by atoms with Crippen molar-refractivity contribution in [2.75, 3.05) is 47.7 Å². The number of nitrogens with zero attached hydrogens (tertiary/aromatic N) is 4. The highest BCUT2D eigenvalue weighted by atomic mass is 32.2. The molecule has 1 unspecified atom stereocenters. The summed E-state index contributed by atoms with van der Waals surface area (Å²) in [7, 11) is -3.73. The Morgan fingerprint density at radius 3 is 2.53 bits per heavy atom. The molecule has 10 heteroatoms. The van der Waals surface area contributed by atoms with Crippen molar-refractivity contribution in [3.05, 3.63) is 72.7 Å². The molecular weight excluding hydrogens is 452 g/mol. The molecule has 0 bridgehead atoms. The fraction of sp³-hybridized carbons (Fsp3) is 0.292. The fourth-order valence-electron chi connectivity index (χ4n) is 4.48. The van der Waals surface area contributed by atoms with E-state index in [0.29, 0.717) is 32.6 Å². The summed E-state index contributed by atoms with van der Waals surface area (Å²) in [6.07, 6.45) is 3.27. The van der Waals surface area contributed by atoms with Crippen molar-refractivity contribution in [2.45, 2.75) is 17.2 Å². The third-order valence-electron chi connectivity index (χ3n) is 6.33. The van der Waals surface area contributed by atoms with Gasteiger partial charge in [-0.15, -0.1) is 0 Å². The summed E-state index contributed by atoms with van der Waals surface area (Å²) in [4.78, 5) is 24.9. The van der Waals surface area contributed by atoms with Crippen molar-refractivity contribution in [3.8, 4) is 0 Å². The molecule has 2 aliphatic rings. The maximum atomic E-state index is 12.9. The first kappa shape index (κ1) is 22.1. The molecule has 0 spiro atoms. The Balaban J connectivity index is 1.16. The number of aromatic nitrogens is 2. The van der Waals surface area contributed by atoms with Crippen LogP contribution in [0.15, 0.2) is 72.0 Å². The lowest BCUT2D eigenvalue weighted by atomic mass is 9.97. The van der Waals surface area contributed by atoms with Gasteiger partial charge in [-0.25, -0.2) is 18.4 Å². The monoisotopic (exact) mass is 478 g/mol. The molecule has 5 rings (SSSR count). The lowest BCUT2D eigenvalue weighted by molar-refractivity contribution is -0.131. The van der Waals surface area contributed by atoms with E-state index >= 15 is 0 Å². The molecule has 2 N–H and O–H groups in total. The number of amides is 1. The Hall–Kier alpha value is -3.66. The number of piperazine rings is 1. The van der Waals surface area contributed by atoms with Gasteiger partial charge in [-0.2, -0.15) is 0 Å². The first-order valence-corrected chi connectivity index (χ1v) is 12.7. The number of rotatable bonds is 6. The highest BCUT2D eigenvalue weighted by Crippen LogP contribution is 2.33. The van der Waals surface area contributed by atoms with Crippen LogP contribution in [0.2, 0.25) is 0 Å². The average molecular weight is 479 g/mol. The van der Waals surface area contributed by atoms with Gasteiger partial charge >= 0.3 is 0 Å². The number of anilines is 3. The van der Waals surface area contributed by atoms with Crippen LogP contribution in [0.4, 0.5) is 17.2 Å². The van der Waals surface area contributed by atoms with Gasteiger partial charge in [-0.1, -0.05) is 18.2 Å². The first-order chi connectivity index (χ1) is 16.5. The zero-order chi connectivity index (χ0) is 23.5. The van der Waals surface area contributed by atoms with Gasteiger partial charge in [-0.05, 0) is 42.0 Å². The molecule has 9 nitrogen and oxygen atoms in total. The molecule has 1 saturated heterocycles. The third-order valence-corrected chi connectivity index (χ3v) is 7.70. The molecule has 2 aromatic carbocycles. The maximum Gasteiger partial charge on any atom is 0.263 e. The van der Waals surface area contributed by atoms with E-state index in [4.69, 9.17) is 0 Å². The fourth-order valence-corrected chi connectivity index (χ4v) is 5.49. The SMILES string of the molecule is O=C(CC1CNc2ccccc21)N1CCN(c2ccc(S(=O)(=O)Nc3ccncn3)cc2)CC1. The molecule has 1 aromatic heterocycles. The number of fused-ring (bicyclic) bond motifs is 1. The van der Waals surface area contributed by atoms with Crippen LogP contribution in [-0.2, 0) is 14.8 Å². The minimum Gasteiger partial charge on any atom is -0.384 e. The largest absolute Gasteiger partial charge is 0.384 e. The average Bonchev–Trinajstić information content (AvgIpc) is 3.27. The van der Waals surface area contributed by atoms with Gasteiger partial charge in [0.05, 0.1) is 4.90 Å². The summed E-state index contributed by atoms with van der Waals surface area (Å²) in [6.45, 7) is 3.51. The minimum atomic E-state index is -3.73. The van der Waals surface area contributed by atoms with Crippen LogP contribution >= 0.6 is 0 Å².